The number of nitrogens with zero attached hydrogens (tertiary/aromatic N) is 2. The minimum absolute atomic E-state index is 0.0606. The summed E-state index contributed by atoms with van der Waals surface area (Å²) < 4.78 is 0. The molecule has 3 fully saturated rings. The summed E-state index contributed by atoms with van der Waals surface area (Å²) in [6.07, 6.45) is 8.49. The number of likely N-dealkylation sites (tertiary alicyclic amines) is 1. The fourth-order valence-electron chi connectivity index (χ4n) is 3.75. The quantitative estimate of drug-likeness (QED) is 0.794. The van der Waals surface area contributed by atoms with E-state index >= 15 is 0 Å². The van der Waals surface area contributed by atoms with Crippen molar-refractivity contribution in [2.75, 3.05) is 13.1 Å². The first-order valence-corrected chi connectivity index (χ1v) is 8.89. The van der Waals surface area contributed by atoms with Gasteiger partial charge in [0.2, 0.25) is 11.8 Å². The lowest BCUT2D eigenvalue weighted by molar-refractivity contribution is -0.128. The van der Waals surface area contributed by atoms with Gasteiger partial charge in [-0.1, -0.05) is 19.3 Å². The molecule has 0 aromatic carbocycles. The summed E-state index contributed by atoms with van der Waals surface area (Å²) in [4.78, 5) is 26.6. The molecule has 6 heteroatoms. The van der Waals surface area contributed by atoms with E-state index < -0.39 is 5.54 Å². The average molecular weight is 318 g/mol. The molecule has 1 atom stereocenters. The maximum absolute atomic E-state index is 12.4. The smallest absolute Gasteiger partial charge is 0.237 e. The van der Waals surface area contributed by atoms with Crippen LogP contribution in [-0.2, 0) is 9.59 Å². The van der Waals surface area contributed by atoms with Gasteiger partial charge in [-0.25, -0.2) is 0 Å². The van der Waals surface area contributed by atoms with E-state index in [1.165, 1.54) is 0 Å². The third-order valence-corrected chi connectivity index (χ3v) is 5.24. The van der Waals surface area contributed by atoms with Crippen LogP contribution in [0.1, 0.15) is 57.8 Å². The third-order valence-electron chi connectivity index (χ3n) is 5.24. The normalized spacial score (nSPS) is 27.2. The van der Waals surface area contributed by atoms with Crippen LogP contribution in [0.3, 0.4) is 0 Å². The number of rotatable bonds is 5. The Labute approximate surface area is 137 Å². The standard InChI is InChI=1S/C17H26N4O2/c18-12-17(8-2-1-3-9-17)20-15(22)11-21-10-4-5-14(21)16(23)19-13-6-7-13/h13-14H,1-11H2,(H,19,23)(H,20,22)/t14-/m1/s1. The SMILES string of the molecule is N#CC1(NC(=O)CN2CCC[C@@H]2C(=O)NC2CC2)CCCCC1. The summed E-state index contributed by atoms with van der Waals surface area (Å²) in [6, 6.07) is 2.47. The highest BCUT2D eigenvalue weighted by atomic mass is 16.2. The maximum atomic E-state index is 12.4. The molecule has 0 aromatic rings. The minimum atomic E-state index is -0.694. The van der Waals surface area contributed by atoms with Crippen LogP contribution in [0.15, 0.2) is 0 Å². The summed E-state index contributed by atoms with van der Waals surface area (Å²) in [5.41, 5.74) is -0.694. The fourth-order valence-corrected chi connectivity index (χ4v) is 3.75. The van der Waals surface area contributed by atoms with Crippen molar-refractivity contribution in [3.63, 3.8) is 0 Å². The Bertz CT molecular complexity index is 503. The predicted octanol–water partition coefficient (Wildman–Crippen LogP) is 1.07. The fraction of sp³-hybridized carbons (Fsp3) is 0.824. The molecule has 1 aliphatic heterocycles. The van der Waals surface area contributed by atoms with Crippen LogP contribution in [0, 0.1) is 11.3 Å². The summed E-state index contributed by atoms with van der Waals surface area (Å²) >= 11 is 0. The van der Waals surface area contributed by atoms with Crippen molar-refractivity contribution in [2.45, 2.75) is 75.4 Å². The molecule has 6 nitrogen and oxygen atoms in total. The minimum Gasteiger partial charge on any atom is -0.352 e. The van der Waals surface area contributed by atoms with Gasteiger partial charge >= 0.3 is 0 Å². The van der Waals surface area contributed by atoms with Crippen molar-refractivity contribution in [2.24, 2.45) is 0 Å². The number of hydrogen-bond acceptors (Lipinski definition) is 4. The van der Waals surface area contributed by atoms with Crippen molar-refractivity contribution >= 4 is 11.8 Å². The van der Waals surface area contributed by atoms with Crippen molar-refractivity contribution in [1.82, 2.24) is 15.5 Å². The number of carbonyl (C=O) groups is 2. The third kappa shape index (κ3) is 4.03. The first-order valence-electron chi connectivity index (χ1n) is 8.89. The lowest BCUT2D eigenvalue weighted by atomic mass is 9.83. The van der Waals surface area contributed by atoms with Gasteiger partial charge in [0.15, 0.2) is 0 Å². The first-order chi connectivity index (χ1) is 11.1. The number of nitriles is 1. The molecule has 2 aliphatic carbocycles. The molecule has 0 radical (unpaired) electrons. The monoisotopic (exact) mass is 318 g/mol. The second kappa shape index (κ2) is 6.88. The largest absolute Gasteiger partial charge is 0.352 e. The molecular weight excluding hydrogens is 292 g/mol. The molecule has 1 heterocycles. The van der Waals surface area contributed by atoms with Gasteiger partial charge in [-0.15, -0.1) is 0 Å². The highest BCUT2D eigenvalue weighted by molar-refractivity contribution is 5.84. The van der Waals surface area contributed by atoms with E-state index in [0.29, 0.717) is 6.04 Å². The molecule has 23 heavy (non-hydrogen) atoms. The molecule has 0 unspecified atom stereocenters. The van der Waals surface area contributed by atoms with E-state index in [4.69, 9.17) is 0 Å². The first kappa shape index (κ1) is 16.3. The van der Waals surface area contributed by atoms with Crippen molar-refractivity contribution < 1.29 is 9.59 Å². The van der Waals surface area contributed by atoms with E-state index in [-0.39, 0.29) is 24.4 Å². The Morgan fingerprint density at radius 3 is 2.52 bits per heavy atom. The summed E-state index contributed by atoms with van der Waals surface area (Å²) in [5, 5.41) is 15.4. The van der Waals surface area contributed by atoms with Crippen LogP contribution in [-0.4, -0.2) is 47.4 Å². The number of hydrogen-bond donors (Lipinski definition) is 2. The molecule has 2 N–H and O–H groups in total. The van der Waals surface area contributed by atoms with E-state index in [2.05, 4.69) is 16.7 Å². The van der Waals surface area contributed by atoms with Gasteiger partial charge in [-0.05, 0) is 45.1 Å². The van der Waals surface area contributed by atoms with Crippen LogP contribution in [0.4, 0.5) is 0 Å². The Morgan fingerprint density at radius 1 is 1.13 bits per heavy atom. The zero-order valence-corrected chi connectivity index (χ0v) is 13.6. The van der Waals surface area contributed by atoms with E-state index in [1.54, 1.807) is 0 Å². The highest BCUT2D eigenvalue weighted by Crippen LogP contribution is 2.28. The Hall–Kier alpha value is -1.61. The Morgan fingerprint density at radius 2 is 1.87 bits per heavy atom. The highest BCUT2D eigenvalue weighted by Gasteiger charge is 2.37. The topological polar surface area (TPSA) is 85.2 Å². The van der Waals surface area contributed by atoms with Gasteiger partial charge in [-0.3, -0.25) is 14.5 Å². The zero-order valence-electron chi connectivity index (χ0n) is 13.6. The molecule has 3 rings (SSSR count). The predicted molar refractivity (Wildman–Crippen MR) is 85.3 cm³/mol. The lowest BCUT2D eigenvalue weighted by Gasteiger charge is -2.32. The van der Waals surface area contributed by atoms with Gasteiger partial charge in [0.1, 0.15) is 5.54 Å². The molecule has 3 aliphatic rings. The van der Waals surface area contributed by atoms with E-state index in [9.17, 15) is 14.9 Å². The van der Waals surface area contributed by atoms with Crippen LogP contribution >= 0.6 is 0 Å². The number of amides is 2. The maximum Gasteiger partial charge on any atom is 0.237 e. The molecular formula is C17H26N4O2. The zero-order chi connectivity index (χ0) is 16.3. The second-order valence-electron chi connectivity index (χ2n) is 7.21. The van der Waals surface area contributed by atoms with Gasteiger partial charge in [0.25, 0.3) is 0 Å². The van der Waals surface area contributed by atoms with Gasteiger partial charge in [-0.2, -0.15) is 5.26 Å². The lowest BCUT2D eigenvalue weighted by Crippen LogP contribution is -2.53. The molecule has 0 spiro atoms. The molecule has 2 amide bonds. The summed E-state index contributed by atoms with van der Waals surface area (Å²) in [6.45, 7) is 0.988. The molecule has 0 bridgehead atoms. The van der Waals surface area contributed by atoms with Crippen molar-refractivity contribution in [3.8, 4) is 6.07 Å². The van der Waals surface area contributed by atoms with Crippen LogP contribution in [0.25, 0.3) is 0 Å². The Balaban J connectivity index is 1.53. The van der Waals surface area contributed by atoms with E-state index in [1.807, 2.05) is 4.90 Å². The van der Waals surface area contributed by atoms with Crippen LogP contribution in [0.5, 0.6) is 0 Å². The molecule has 2 saturated carbocycles. The summed E-state index contributed by atoms with van der Waals surface area (Å²) in [5.74, 6) is -0.0648. The Kier molecular flexibility index (Phi) is 4.86. The molecule has 126 valence electrons. The van der Waals surface area contributed by atoms with E-state index in [0.717, 1.165) is 64.3 Å². The van der Waals surface area contributed by atoms with Gasteiger partial charge in [0, 0.05) is 6.04 Å². The van der Waals surface area contributed by atoms with Crippen LogP contribution < -0.4 is 10.6 Å². The van der Waals surface area contributed by atoms with Crippen molar-refractivity contribution in [1.29, 1.82) is 5.26 Å². The average Bonchev–Trinajstić information content (AvgIpc) is 3.24. The van der Waals surface area contributed by atoms with Gasteiger partial charge < -0.3 is 10.6 Å². The molecule has 0 aromatic heterocycles. The van der Waals surface area contributed by atoms with Crippen molar-refractivity contribution in [3.05, 3.63) is 0 Å². The summed E-state index contributed by atoms with van der Waals surface area (Å²) in [7, 11) is 0. The number of nitrogens with one attached hydrogen (secondary N) is 2. The second-order valence-corrected chi connectivity index (χ2v) is 7.21. The van der Waals surface area contributed by atoms with Gasteiger partial charge in [0.05, 0.1) is 18.7 Å². The molecule has 1 saturated heterocycles. The number of carbonyl (C=O) groups excluding carboxylic acids is 2. The van der Waals surface area contributed by atoms with Crippen LogP contribution in [0.2, 0.25) is 0 Å².